The molecule has 0 aliphatic rings. The molecule has 1 heterocycles. The lowest BCUT2D eigenvalue weighted by atomic mass is 10.1. The molecule has 0 atom stereocenters. The van der Waals surface area contributed by atoms with Crippen LogP contribution in [0.2, 0.25) is 0 Å². The first kappa shape index (κ1) is 16.0. The Morgan fingerprint density at radius 1 is 1.38 bits per heavy atom. The van der Waals surface area contributed by atoms with Gasteiger partial charge in [0.25, 0.3) is 0 Å². The van der Waals surface area contributed by atoms with E-state index >= 15 is 0 Å². The maximum atomic E-state index is 11.8. The van der Waals surface area contributed by atoms with Crippen LogP contribution >= 0.6 is 15.9 Å². The van der Waals surface area contributed by atoms with Crippen molar-refractivity contribution < 1.29 is 8.42 Å². The summed E-state index contributed by atoms with van der Waals surface area (Å²) in [7, 11) is -3.18. The Kier molecular flexibility index (Phi) is 4.17. The first-order valence-electron chi connectivity index (χ1n) is 6.39. The molecule has 21 heavy (non-hydrogen) atoms. The van der Waals surface area contributed by atoms with Crippen molar-refractivity contribution in [1.29, 1.82) is 0 Å². The highest BCUT2D eigenvalue weighted by Gasteiger charge is 2.30. The zero-order chi connectivity index (χ0) is 15.8. The van der Waals surface area contributed by atoms with Gasteiger partial charge in [-0.2, -0.15) is 0 Å². The number of benzene rings is 1. The van der Waals surface area contributed by atoms with E-state index in [1.807, 2.05) is 18.2 Å². The summed E-state index contributed by atoms with van der Waals surface area (Å²) in [5.74, 6) is 0. The first-order valence-corrected chi connectivity index (χ1v) is 9.07. The van der Waals surface area contributed by atoms with Gasteiger partial charge in [0.1, 0.15) is 0 Å². The standard InChI is InChI=1S/C14H18BrN3O2S/c1-14(2,21(3,19)20)8-18-13-10-6-9(15)4-5-12(10)17-7-11(13)16/h4-7H,8,16H2,1-3H3,(H,17,18). The van der Waals surface area contributed by atoms with Gasteiger partial charge in [0, 0.05) is 22.7 Å². The largest absolute Gasteiger partial charge is 0.396 e. The fourth-order valence-corrected chi connectivity index (χ4v) is 2.51. The minimum Gasteiger partial charge on any atom is -0.396 e. The summed E-state index contributed by atoms with van der Waals surface area (Å²) in [6.07, 6.45) is 2.81. The van der Waals surface area contributed by atoms with Crippen LogP contribution in [0.5, 0.6) is 0 Å². The number of sulfone groups is 1. The lowest BCUT2D eigenvalue weighted by Crippen LogP contribution is -2.38. The number of hydrogen-bond donors (Lipinski definition) is 2. The minimum atomic E-state index is -3.18. The Hall–Kier alpha value is -1.34. The Bertz CT molecular complexity index is 783. The number of fused-ring (bicyclic) bond motifs is 1. The van der Waals surface area contributed by atoms with Crippen molar-refractivity contribution in [1.82, 2.24) is 4.98 Å². The second kappa shape index (κ2) is 5.46. The zero-order valence-electron chi connectivity index (χ0n) is 12.1. The van der Waals surface area contributed by atoms with Crippen molar-refractivity contribution in [3.63, 3.8) is 0 Å². The van der Waals surface area contributed by atoms with Crippen LogP contribution in [0.4, 0.5) is 11.4 Å². The van der Waals surface area contributed by atoms with Crippen LogP contribution in [-0.2, 0) is 9.84 Å². The van der Waals surface area contributed by atoms with E-state index in [2.05, 4.69) is 26.2 Å². The number of nitrogens with two attached hydrogens (primary N) is 1. The summed E-state index contributed by atoms with van der Waals surface area (Å²) >= 11 is 3.42. The molecule has 0 amide bonds. The summed E-state index contributed by atoms with van der Waals surface area (Å²) in [6, 6.07) is 5.69. The number of nitrogens with one attached hydrogen (secondary N) is 1. The Balaban J connectivity index is 2.43. The predicted octanol–water partition coefficient (Wildman–Crippen LogP) is 2.81. The minimum absolute atomic E-state index is 0.266. The molecule has 5 nitrogen and oxygen atoms in total. The molecule has 0 aliphatic heterocycles. The normalized spacial score (nSPS) is 12.6. The van der Waals surface area contributed by atoms with Gasteiger partial charge in [-0.15, -0.1) is 0 Å². The van der Waals surface area contributed by atoms with Gasteiger partial charge in [-0.1, -0.05) is 15.9 Å². The lowest BCUT2D eigenvalue weighted by molar-refractivity contribution is 0.560. The van der Waals surface area contributed by atoms with Crippen LogP contribution in [0.1, 0.15) is 13.8 Å². The highest BCUT2D eigenvalue weighted by Crippen LogP contribution is 2.31. The van der Waals surface area contributed by atoms with E-state index in [4.69, 9.17) is 5.73 Å². The quantitative estimate of drug-likeness (QED) is 0.862. The van der Waals surface area contributed by atoms with Crippen LogP contribution in [0, 0.1) is 0 Å². The second-order valence-corrected chi connectivity index (χ2v) is 9.20. The average molecular weight is 372 g/mol. The highest BCUT2D eigenvalue weighted by atomic mass is 79.9. The predicted molar refractivity (Wildman–Crippen MR) is 91.3 cm³/mol. The monoisotopic (exact) mass is 371 g/mol. The molecule has 1 aromatic heterocycles. The second-order valence-electron chi connectivity index (χ2n) is 5.64. The molecule has 114 valence electrons. The van der Waals surface area contributed by atoms with Gasteiger partial charge in [0.15, 0.2) is 9.84 Å². The van der Waals surface area contributed by atoms with E-state index in [0.29, 0.717) is 11.4 Å². The first-order chi connectivity index (χ1) is 9.62. The molecule has 7 heteroatoms. The molecule has 2 rings (SSSR count). The molecule has 0 fully saturated rings. The van der Waals surface area contributed by atoms with Gasteiger partial charge >= 0.3 is 0 Å². The number of aromatic nitrogens is 1. The fourth-order valence-electron chi connectivity index (χ4n) is 1.81. The average Bonchev–Trinajstić information content (AvgIpc) is 2.36. The fraction of sp³-hybridized carbons (Fsp3) is 0.357. The number of hydrogen-bond acceptors (Lipinski definition) is 5. The van der Waals surface area contributed by atoms with Crippen LogP contribution in [0.25, 0.3) is 10.9 Å². The molecule has 0 bridgehead atoms. The number of halogens is 1. The molecule has 0 saturated carbocycles. The van der Waals surface area contributed by atoms with Gasteiger partial charge in [-0.05, 0) is 32.0 Å². The highest BCUT2D eigenvalue weighted by molar-refractivity contribution is 9.10. The van der Waals surface area contributed by atoms with E-state index in [-0.39, 0.29) is 6.54 Å². The number of anilines is 2. The van der Waals surface area contributed by atoms with Crippen molar-refractivity contribution >= 4 is 48.0 Å². The van der Waals surface area contributed by atoms with E-state index < -0.39 is 14.6 Å². The molecule has 0 spiro atoms. The number of nitrogens with zero attached hydrogens (tertiary/aromatic N) is 1. The topological polar surface area (TPSA) is 85.1 Å². The lowest BCUT2D eigenvalue weighted by Gasteiger charge is -2.24. The van der Waals surface area contributed by atoms with Gasteiger partial charge < -0.3 is 11.1 Å². The zero-order valence-corrected chi connectivity index (χ0v) is 14.5. The molecular formula is C14H18BrN3O2S. The van der Waals surface area contributed by atoms with Crippen molar-refractivity contribution in [2.24, 2.45) is 0 Å². The van der Waals surface area contributed by atoms with Crippen molar-refractivity contribution in [2.75, 3.05) is 23.9 Å². The molecule has 2 aromatic rings. The summed E-state index contributed by atoms with van der Waals surface area (Å²) in [6.45, 7) is 3.64. The van der Waals surface area contributed by atoms with Crippen LogP contribution in [0.3, 0.4) is 0 Å². The summed E-state index contributed by atoms with van der Waals surface area (Å²) in [5.41, 5.74) is 7.98. The third-order valence-electron chi connectivity index (χ3n) is 3.55. The molecule has 3 N–H and O–H groups in total. The maximum absolute atomic E-state index is 11.8. The van der Waals surface area contributed by atoms with Crippen molar-refractivity contribution in [3.8, 4) is 0 Å². The molecule has 1 aromatic carbocycles. The third-order valence-corrected chi connectivity index (χ3v) is 6.20. The molecular weight excluding hydrogens is 354 g/mol. The Morgan fingerprint density at radius 3 is 2.67 bits per heavy atom. The van der Waals surface area contributed by atoms with Crippen molar-refractivity contribution in [3.05, 3.63) is 28.9 Å². The van der Waals surface area contributed by atoms with Crippen molar-refractivity contribution in [2.45, 2.75) is 18.6 Å². The summed E-state index contributed by atoms with van der Waals surface area (Å²) < 4.78 is 23.6. The summed E-state index contributed by atoms with van der Waals surface area (Å²) in [5, 5.41) is 4.02. The summed E-state index contributed by atoms with van der Waals surface area (Å²) in [4.78, 5) is 4.27. The van der Waals surface area contributed by atoms with E-state index in [1.165, 1.54) is 6.26 Å². The van der Waals surface area contributed by atoms with Gasteiger partial charge in [-0.3, -0.25) is 4.98 Å². The molecule has 0 saturated heterocycles. The van der Waals surface area contributed by atoms with E-state index in [9.17, 15) is 8.42 Å². The number of nitrogen functional groups attached to an aromatic ring is 1. The van der Waals surface area contributed by atoms with Gasteiger partial charge in [-0.25, -0.2) is 8.42 Å². The van der Waals surface area contributed by atoms with E-state index in [1.54, 1.807) is 20.0 Å². The molecule has 0 radical (unpaired) electrons. The van der Waals surface area contributed by atoms with E-state index in [0.717, 1.165) is 15.4 Å². The van der Waals surface area contributed by atoms with Crippen LogP contribution in [-0.4, -0.2) is 30.9 Å². The molecule has 0 unspecified atom stereocenters. The van der Waals surface area contributed by atoms with Crippen LogP contribution in [0.15, 0.2) is 28.9 Å². The number of pyridine rings is 1. The van der Waals surface area contributed by atoms with Crippen LogP contribution < -0.4 is 11.1 Å². The Morgan fingerprint density at radius 2 is 2.05 bits per heavy atom. The third kappa shape index (κ3) is 3.29. The smallest absolute Gasteiger partial charge is 0.154 e. The van der Waals surface area contributed by atoms with Gasteiger partial charge in [0.05, 0.1) is 27.8 Å². The molecule has 0 aliphatic carbocycles. The maximum Gasteiger partial charge on any atom is 0.154 e. The Labute approximate surface area is 133 Å². The SMILES string of the molecule is CC(C)(CNc1c(N)cnc2ccc(Br)cc12)S(C)(=O)=O. The van der Waals surface area contributed by atoms with Gasteiger partial charge in [0.2, 0.25) is 0 Å². The number of rotatable bonds is 4.